The number of hydrogen-bond donors (Lipinski definition) is 0. The smallest absolute Gasteiger partial charge is 0.282 e. The van der Waals surface area contributed by atoms with Crippen molar-refractivity contribution in [2.45, 2.75) is 44.6 Å². The number of nitrogens with zero attached hydrogens (tertiary/aromatic N) is 5. The van der Waals surface area contributed by atoms with Crippen molar-refractivity contribution < 1.29 is 4.92 Å². The highest BCUT2D eigenvalue weighted by atomic mass is 16.6. The van der Waals surface area contributed by atoms with Gasteiger partial charge in [-0.15, -0.1) is 0 Å². The zero-order chi connectivity index (χ0) is 26.1. The molecule has 6 rings (SSSR count). The number of hydrogen-bond acceptors (Lipinski definition) is 5. The van der Waals surface area contributed by atoms with E-state index in [-0.39, 0.29) is 17.2 Å². The molecule has 0 aliphatic heterocycles. The molecular formula is C30H27N5O3. The number of fused-ring (bicyclic) bond motifs is 2. The lowest BCUT2D eigenvalue weighted by Crippen LogP contribution is -2.25. The molecule has 8 nitrogen and oxygen atoms in total. The van der Waals surface area contributed by atoms with E-state index in [1.165, 1.54) is 23.2 Å². The quantitative estimate of drug-likeness (QED) is 0.155. The van der Waals surface area contributed by atoms with Crippen molar-refractivity contribution in [3.8, 4) is 0 Å². The van der Waals surface area contributed by atoms with Gasteiger partial charge in [-0.1, -0.05) is 61.7 Å². The number of rotatable bonds is 6. The fourth-order valence-corrected chi connectivity index (χ4v) is 5.43. The van der Waals surface area contributed by atoms with Gasteiger partial charge in [-0.3, -0.25) is 14.9 Å². The summed E-state index contributed by atoms with van der Waals surface area (Å²) in [5.41, 5.74) is 3.49. The molecule has 0 unspecified atom stereocenters. The highest BCUT2D eigenvalue weighted by Crippen LogP contribution is 2.32. The summed E-state index contributed by atoms with van der Waals surface area (Å²) in [6, 6.07) is 22.1. The van der Waals surface area contributed by atoms with Crippen LogP contribution in [-0.2, 0) is 6.54 Å². The van der Waals surface area contributed by atoms with Crippen LogP contribution in [0.5, 0.6) is 0 Å². The second-order valence-electron chi connectivity index (χ2n) is 9.84. The average molecular weight is 506 g/mol. The van der Waals surface area contributed by atoms with Crippen LogP contribution < -0.4 is 5.56 Å². The highest BCUT2D eigenvalue weighted by molar-refractivity contribution is 5.99. The third-order valence-electron chi connectivity index (χ3n) is 7.38. The molecule has 1 saturated carbocycles. The molecule has 0 N–H and O–H groups in total. The Bertz CT molecular complexity index is 1730. The first-order valence-electron chi connectivity index (χ1n) is 13.0. The molecule has 0 bridgehead atoms. The highest BCUT2D eigenvalue weighted by Gasteiger charge is 2.22. The van der Waals surface area contributed by atoms with Crippen LogP contribution in [0.3, 0.4) is 0 Å². The third kappa shape index (κ3) is 4.49. The Kier molecular flexibility index (Phi) is 6.29. The molecule has 0 radical (unpaired) electrons. The van der Waals surface area contributed by atoms with Crippen LogP contribution >= 0.6 is 0 Å². The summed E-state index contributed by atoms with van der Waals surface area (Å²) in [7, 11) is 0. The maximum Gasteiger partial charge on any atom is 0.282 e. The Morgan fingerprint density at radius 1 is 0.947 bits per heavy atom. The van der Waals surface area contributed by atoms with Crippen molar-refractivity contribution >= 4 is 33.7 Å². The van der Waals surface area contributed by atoms with Crippen LogP contribution in [0.2, 0.25) is 0 Å². The van der Waals surface area contributed by atoms with E-state index in [0.29, 0.717) is 17.4 Å². The molecule has 0 atom stereocenters. The number of non-ortho nitro benzene ring substituents is 1. The summed E-state index contributed by atoms with van der Waals surface area (Å²) in [4.78, 5) is 29.1. The first kappa shape index (κ1) is 23.8. The topological polar surface area (TPSA) is 95.3 Å². The van der Waals surface area contributed by atoms with E-state index in [0.717, 1.165) is 53.5 Å². The van der Waals surface area contributed by atoms with Gasteiger partial charge in [0.25, 0.3) is 11.2 Å². The Balaban J connectivity index is 1.41. The Morgan fingerprint density at radius 3 is 2.42 bits per heavy atom. The van der Waals surface area contributed by atoms with Crippen LogP contribution in [0, 0.1) is 10.1 Å². The minimum atomic E-state index is -0.394. The number of para-hydroxylation sites is 2. The van der Waals surface area contributed by atoms with Gasteiger partial charge in [-0.25, -0.2) is 4.98 Å². The van der Waals surface area contributed by atoms with Crippen LogP contribution in [-0.4, -0.2) is 25.4 Å². The van der Waals surface area contributed by atoms with Crippen molar-refractivity contribution in [2.75, 3.05) is 0 Å². The lowest BCUT2D eigenvalue weighted by Gasteiger charge is -2.22. The third-order valence-corrected chi connectivity index (χ3v) is 7.38. The molecule has 2 aromatic heterocycles. The molecule has 190 valence electrons. The van der Waals surface area contributed by atoms with Crippen molar-refractivity contribution in [3.63, 3.8) is 0 Å². The van der Waals surface area contributed by atoms with Gasteiger partial charge in [0, 0.05) is 47.3 Å². The summed E-state index contributed by atoms with van der Waals surface area (Å²) in [5.74, 6) is 0.945. The van der Waals surface area contributed by atoms with Crippen molar-refractivity contribution in [1.82, 2.24) is 14.2 Å². The molecule has 8 heteroatoms. The Hall–Kier alpha value is -4.59. The van der Waals surface area contributed by atoms with Gasteiger partial charge in [-0.2, -0.15) is 9.78 Å². The maximum absolute atomic E-state index is 13.6. The molecule has 2 heterocycles. The van der Waals surface area contributed by atoms with Gasteiger partial charge in [-0.05, 0) is 36.6 Å². The van der Waals surface area contributed by atoms with Gasteiger partial charge in [0.15, 0.2) is 0 Å². The molecular weight excluding hydrogens is 478 g/mol. The normalized spacial score (nSPS) is 14.5. The number of benzene rings is 3. The van der Waals surface area contributed by atoms with Crippen molar-refractivity contribution in [2.24, 2.45) is 5.10 Å². The molecule has 38 heavy (non-hydrogen) atoms. The number of nitro benzene ring substituents is 1. The molecule has 5 aromatic rings. The van der Waals surface area contributed by atoms with E-state index in [9.17, 15) is 14.9 Å². The van der Waals surface area contributed by atoms with Crippen LogP contribution in [0.1, 0.15) is 55.0 Å². The molecule has 3 aromatic carbocycles. The van der Waals surface area contributed by atoms with Crippen LogP contribution in [0.25, 0.3) is 21.8 Å². The lowest BCUT2D eigenvalue weighted by molar-refractivity contribution is -0.384. The summed E-state index contributed by atoms with van der Waals surface area (Å²) < 4.78 is 3.60. The SMILES string of the molecule is O=c1c2ccccc2nc(C2CCCCC2)n1N=Cc1cn(Cc2ccc([N+](=O)[O-])cc2)c2ccccc12. The molecule has 1 aliphatic carbocycles. The fraction of sp³-hybridized carbons (Fsp3) is 0.233. The zero-order valence-electron chi connectivity index (χ0n) is 20.9. The molecule has 0 amide bonds. The van der Waals surface area contributed by atoms with Gasteiger partial charge in [0.05, 0.1) is 22.0 Å². The molecule has 0 spiro atoms. The van der Waals surface area contributed by atoms with E-state index in [2.05, 4.69) is 4.57 Å². The van der Waals surface area contributed by atoms with Crippen molar-refractivity contribution in [3.05, 3.63) is 116 Å². The first-order chi connectivity index (χ1) is 18.6. The standard InChI is InChI=1S/C30H27N5O3/c36-30-26-11-4-6-12-27(26)32-29(22-8-2-1-3-9-22)34(30)31-18-23-20-33(28-13-7-5-10-25(23)28)19-21-14-16-24(17-15-21)35(37)38/h4-7,10-18,20,22H,1-3,8-9,19H2. The minimum Gasteiger partial charge on any atom is -0.342 e. The van der Waals surface area contributed by atoms with Gasteiger partial charge >= 0.3 is 0 Å². The minimum absolute atomic E-state index is 0.0714. The van der Waals surface area contributed by atoms with E-state index in [4.69, 9.17) is 10.1 Å². The lowest BCUT2D eigenvalue weighted by atomic mass is 9.88. The van der Waals surface area contributed by atoms with Gasteiger partial charge < -0.3 is 4.57 Å². The summed E-state index contributed by atoms with van der Waals surface area (Å²) in [5, 5.41) is 17.3. The molecule has 1 fully saturated rings. The first-order valence-corrected chi connectivity index (χ1v) is 13.0. The second-order valence-corrected chi connectivity index (χ2v) is 9.84. The summed E-state index contributed by atoms with van der Waals surface area (Å²) in [6.07, 6.45) is 9.25. The largest absolute Gasteiger partial charge is 0.342 e. The maximum atomic E-state index is 13.6. The fourth-order valence-electron chi connectivity index (χ4n) is 5.43. The van der Waals surface area contributed by atoms with E-state index >= 15 is 0 Å². The molecule has 1 aliphatic rings. The van der Waals surface area contributed by atoms with E-state index in [1.54, 1.807) is 24.4 Å². The summed E-state index contributed by atoms with van der Waals surface area (Å²) in [6.45, 7) is 0.553. The van der Waals surface area contributed by atoms with Crippen LogP contribution in [0.4, 0.5) is 5.69 Å². The Labute approximate surface area is 219 Å². The van der Waals surface area contributed by atoms with Crippen LogP contribution in [0.15, 0.2) is 88.9 Å². The average Bonchev–Trinajstić information content (AvgIpc) is 3.30. The number of nitro groups is 1. The van der Waals surface area contributed by atoms with E-state index < -0.39 is 4.92 Å². The predicted octanol–water partition coefficient (Wildman–Crippen LogP) is 6.24. The number of aromatic nitrogens is 3. The summed E-state index contributed by atoms with van der Waals surface area (Å²) >= 11 is 0. The van der Waals surface area contributed by atoms with Gasteiger partial charge in [0.1, 0.15) is 5.82 Å². The van der Waals surface area contributed by atoms with E-state index in [1.807, 2.05) is 48.7 Å². The van der Waals surface area contributed by atoms with Crippen molar-refractivity contribution in [1.29, 1.82) is 0 Å². The zero-order valence-corrected chi connectivity index (χ0v) is 20.9. The Morgan fingerprint density at radius 2 is 1.66 bits per heavy atom. The second kappa shape index (κ2) is 10.0. The van der Waals surface area contributed by atoms with Gasteiger partial charge in [0.2, 0.25) is 0 Å². The monoisotopic (exact) mass is 505 g/mol. The molecule has 0 saturated heterocycles. The predicted molar refractivity (Wildman–Crippen MR) is 149 cm³/mol.